The summed E-state index contributed by atoms with van der Waals surface area (Å²) in [6.07, 6.45) is 1.15. The number of rotatable bonds is 2. The first kappa shape index (κ1) is 15.5. The van der Waals surface area contributed by atoms with Crippen LogP contribution in [0, 0.1) is 0 Å². The Morgan fingerprint density at radius 3 is 2.62 bits per heavy atom. The Hall–Kier alpha value is -2.00. The van der Waals surface area contributed by atoms with Gasteiger partial charge >= 0.3 is 0 Å². The first-order valence-electron chi connectivity index (χ1n) is 8.61. The quantitative estimate of drug-likeness (QED) is 0.779. The standard InChI is InChI=1S/C20H22ClN3/c1-14(2)23-11-6-12-24-19(15-7-4-3-5-8-15)17-13-16(21)9-10-18(17)22-20(23)24/h3-5,7-10,13-14,19H,6,11-12H2,1-2H3. The number of aliphatic imine (C=N–C) groups is 1. The van der Waals surface area contributed by atoms with Crippen molar-refractivity contribution in [3.63, 3.8) is 0 Å². The van der Waals surface area contributed by atoms with Crippen LogP contribution >= 0.6 is 11.6 Å². The second-order valence-electron chi connectivity index (χ2n) is 6.76. The van der Waals surface area contributed by atoms with Gasteiger partial charge in [-0.3, -0.25) is 0 Å². The monoisotopic (exact) mass is 339 g/mol. The van der Waals surface area contributed by atoms with E-state index in [2.05, 4.69) is 60.0 Å². The lowest BCUT2D eigenvalue weighted by molar-refractivity contribution is 0.201. The Labute approximate surface area is 148 Å². The summed E-state index contributed by atoms with van der Waals surface area (Å²) in [7, 11) is 0. The van der Waals surface area contributed by atoms with Crippen molar-refractivity contribution in [3.8, 4) is 0 Å². The lowest BCUT2D eigenvalue weighted by Crippen LogP contribution is -2.54. The number of guanidine groups is 1. The van der Waals surface area contributed by atoms with Crippen LogP contribution < -0.4 is 0 Å². The maximum Gasteiger partial charge on any atom is 0.202 e. The van der Waals surface area contributed by atoms with Crippen molar-refractivity contribution in [2.24, 2.45) is 4.99 Å². The Balaban J connectivity index is 1.90. The van der Waals surface area contributed by atoms with Crippen molar-refractivity contribution >= 4 is 23.2 Å². The van der Waals surface area contributed by atoms with Crippen LogP contribution in [0.5, 0.6) is 0 Å². The zero-order chi connectivity index (χ0) is 16.7. The fourth-order valence-electron chi connectivity index (χ4n) is 3.76. The molecule has 0 aliphatic carbocycles. The molecule has 0 radical (unpaired) electrons. The van der Waals surface area contributed by atoms with Crippen LogP contribution in [0.2, 0.25) is 5.02 Å². The zero-order valence-electron chi connectivity index (χ0n) is 14.1. The molecule has 0 spiro atoms. The molecule has 2 aromatic rings. The van der Waals surface area contributed by atoms with Gasteiger partial charge in [-0.15, -0.1) is 0 Å². The molecule has 4 rings (SSSR count). The molecule has 4 heteroatoms. The summed E-state index contributed by atoms with van der Waals surface area (Å²) in [6, 6.07) is 17.4. The lowest BCUT2D eigenvalue weighted by atomic mass is 9.93. The maximum absolute atomic E-state index is 6.31. The molecule has 124 valence electrons. The summed E-state index contributed by atoms with van der Waals surface area (Å²) >= 11 is 6.31. The number of halogens is 1. The molecule has 3 nitrogen and oxygen atoms in total. The third-order valence-electron chi connectivity index (χ3n) is 4.87. The molecule has 0 aromatic heterocycles. The van der Waals surface area contributed by atoms with E-state index in [0.29, 0.717) is 6.04 Å². The highest BCUT2D eigenvalue weighted by Gasteiger charge is 2.36. The largest absolute Gasteiger partial charge is 0.340 e. The molecule has 2 aromatic carbocycles. The third kappa shape index (κ3) is 2.57. The summed E-state index contributed by atoms with van der Waals surface area (Å²) < 4.78 is 0. The van der Waals surface area contributed by atoms with Gasteiger partial charge in [0, 0.05) is 29.7 Å². The lowest BCUT2D eigenvalue weighted by Gasteiger charge is -2.47. The van der Waals surface area contributed by atoms with E-state index in [1.165, 1.54) is 11.1 Å². The van der Waals surface area contributed by atoms with E-state index in [1.54, 1.807) is 0 Å². The van der Waals surface area contributed by atoms with Gasteiger partial charge < -0.3 is 9.80 Å². The molecular weight excluding hydrogens is 318 g/mol. The second kappa shape index (κ2) is 6.14. The molecule has 0 bridgehead atoms. The van der Waals surface area contributed by atoms with Crippen LogP contribution in [0.25, 0.3) is 0 Å². The molecule has 2 aliphatic rings. The van der Waals surface area contributed by atoms with E-state index < -0.39 is 0 Å². The molecule has 0 amide bonds. The van der Waals surface area contributed by atoms with E-state index in [-0.39, 0.29) is 6.04 Å². The van der Waals surface area contributed by atoms with E-state index in [1.807, 2.05) is 12.1 Å². The minimum Gasteiger partial charge on any atom is -0.340 e. The van der Waals surface area contributed by atoms with E-state index in [9.17, 15) is 0 Å². The van der Waals surface area contributed by atoms with Crippen LogP contribution in [0.4, 0.5) is 5.69 Å². The van der Waals surface area contributed by atoms with Crippen molar-refractivity contribution in [2.45, 2.75) is 32.4 Å². The normalized spacial score (nSPS) is 19.8. The van der Waals surface area contributed by atoms with Gasteiger partial charge in [-0.2, -0.15) is 0 Å². The minimum atomic E-state index is 0.175. The number of fused-ring (bicyclic) bond motifs is 2. The molecule has 1 saturated heterocycles. The molecule has 2 aliphatic heterocycles. The van der Waals surface area contributed by atoms with Crippen LogP contribution in [0.15, 0.2) is 53.5 Å². The van der Waals surface area contributed by atoms with Gasteiger partial charge in [0.05, 0.1) is 11.7 Å². The molecule has 1 atom stereocenters. The smallest absolute Gasteiger partial charge is 0.202 e. The van der Waals surface area contributed by atoms with Crippen molar-refractivity contribution in [3.05, 3.63) is 64.7 Å². The first-order chi connectivity index (χ1) is 11.6. The van der Waals surface area contributed by atoms with Gasteiger partial charge in [0.1, 0.15) is 0 Å². The zero-order valence-corrected chi connectivity index (χ0v) is 14.9. The Morgan fingerprint density at radius 1 is 1.08 bits per heavy atom. The summed E-state index contributed by atoms with van der Waals surface area (Å²) in [5, 5.41) is 0.769. The molecule has 0 saturated carbocycles. The molecule has 0 N–H and O–H groups in total. The Bertz CT molecular complexity index is 770. The van der Waals surface area contributed by atoms with Crippen molar-refractivity contribution < 1.29 is 0 Å². The van der Waals surface area contributed by atoms with Crippen LogP contribution in [-0.4, -0.2) is 34.9 Å². The molecule has 2 heterocycles. The van der Waals surface area contributed by atoms with Gasteiger partial charge in [-0.05, 0) is 44.0 Å². The predicted octanol–water partition coefficient (Wildman–Crippen LogP) is 4.85. The van der Waals surface area contributed by atoms with Crippen LogP contribution in [0.3, 0.4) is 0 Å². The highest BCUT2D eigenvalue weighted by molar-refractivity contribution is 6.30. The van der Waals surface area contributed by atoms with Gasteiger partial charge in [-0.25, -0.2) is 4.99 Å². The van der Waals surface area contributed by atoms with Gasteiger partial charge in [-0.1, -0.05) is 41.9 Å². The van der Waals surface area contributed by atoms with Crippen molar-refractivity contribution in [2.75, 3.05) is 13.1 Å². The van der Waals surface area contributed by atoms with E-state index >= 15 is 0 Å². The van der Waals surface area contributed by atoms with E-state index in [4.69, 9.17) is 16.6 Å². The van der Waals surface area contributed by atoms with Crippen LogP contribution in [0.1, 0.15) is 37.4 Å². The Kier molecular flexibility index (Phi) is 3.97. The number of benzene rings is 2. The minimum absolute atomic E-state index is 0.175. The average Bonchev–Trinajstić information content (AvgIpc) is 2.60. The number of nitrogens with zero attached hydrogens (tertiary/aromatic N) is 3. The third-order valence-corrected chi connectivity index (χ3v) is 5.10. The summed E-state index contributed by atoms with van der Waals surface area (Å²) in [5.41, 5.74) is 3.52. The summed E-state index contributed by atoms with van der Waals surface area (Å²) in [4.78, 5) is 9.85. The Morgan fingerprint density at radius 2 is 1.88 bits per heavy atom. The molecule has 1 unspecified atom stereocenters. The van der Waals surface area contributed by atoms with E-state index in [0.717, 1.165) is 36.2 Å². The molecule has 24 heavy (non-hydrogen) atoms. The van der Waals surface area contributed by atoms with Crippen molar-refractivity contribution in [1.29, 1.82) is 0 Å². The summed E-state index contributed by atoms with van der Waals surface area (Å²) in [6.45, 7) is 6.56. The van der Waals surface area contributed by atoms with Crippen molar-refractivity contribution in [1.82, 2.24) is 9.80 Å². The van der Waals surface area contributed by atoms with Crippen LogP contribution in [-0.2, 0) is 0 Å². The van der Waals surface area contributed by atoms with Gasteiger partial charge in [0.2, 0.25) is 5.96 Å². The second-order valence-corrected chi connectivity index (χ2v) is 7.20. The predicted molar refractivity (Wildman–Crippen MR) is 100.0 cm³/mol. The van der Waals surface area contributed by atoms with Gasteiger partial charge in [0.25, 0.3) is 0 Å². The topological polar surface area (TPSA) is 18.8 Å². The number of hydrogen-bond acceptors (Lipinski definition) is 3. The molecular formula is C20H22ClN3. The fourth-order valence-corrected chi connectivity index (χ4v) is 3.94. The SMILES string of the molecule is CC(C)N1CCCN2C1=Nc1ccc(Cl)cc1C2c1ccccc1. The highest BCUT2D eigenvalue weighted by atomic mass is 35.5. The molecule has 1 fully saturated rings. The number of hydrogen-bond donors (Lipinski definition) is 0. The highest BCUT2D eigenvalue weighted by Crippen LogP contribution is 2.42. The maximum atomic E-state index is 6.31. The average molecular weight is 340 g/mol. The fraction of sp³-hybridized carbons (Fsp3) is 0.350. The van der Waals surface area contributed by atoms with Gasteiger partial charge in [0.15, 0.2) is 0 Å². The summed E-state index contributed by atoms with van der Waals surface area (Å²) in [5.74, 6) is 1.10. The first-order valence-corrected chi connectivity index (χ1v) is 8.99.